The Labute approximate surface area is 104 Å². The van der Waals surface area contributed by atoms with Crippen LogP contribution in [0.25, 0.3) is 0 Å². The number of aliphatic hydroxyl groups is 1. The van der Waals surface area contributed by atoms with E-state index in [1.165, 1.54) is 17.1 Å². The van der Waals surface area contributed by atoms with Crippen LogP contribution in [0.2, 0.25) is 0 Å². The second kappa shape index (κ2) is 5.89. The standard InChI is InChI=1S/C10H16N4O4/c15-10(4-11-8-1-2-18-7-8)6-13-5-9(3-12-13)14(16)17/h3,5,8,10-11,15H,1-2,4,6-7H2. The molecule has 8 heteroatoms. The van der Waals surface area contributed by atoms with E-state index in [0.717, 1.165) is 13.0 Å². The van der Waals surface area contributed by atoms with Crippen molar-refractivity contribution in [2.24, 2.45) is 0 Å². The number of hydrogen-bond donors (Lipinski definition) is 2. The van der Waals surface area contributed by atoms with Crippen molar-refractivity contribution in [2.75, 3.05) is 19.8 Å². The SMILES string of the molecule is O=[N+]([O-])c1cnn(CC(O)CNC2CCOC2)c1. The first-order valence-corrected chi connectivity index (χ1v) is 5.81. The minimum atomic E-state index is -0.634. The molecule has 1 aliphatic rings. The van der Waals surface area contributed by atoms with Gasteiger partial charge in [-0.1, -0.05) is 0 Å². The van der Waals surface area contributed by atoms with E-state index >= 15 is 0 Å². The van der Waals surface area contributed by atoms with Gasteiger partial charge in [-0.2, -0.15) is 5.10 Å². The molecule has 0 amide bonds. The van der Waals surface area contributed by atoms with E-state index in [9.17, 15) is 15.2 Å². The van der Waals surface area contributed by atoms with E-state index < -0.39 is 11.0 Å². The lowest BCUT2D eigenvalue weighted by atomic mass is 10.2. The third-order valence-corrected chi connectivity index (χ3v) is 2.80. The molecule has 18 heavy (non-hydrogen) atoms. The fourth-order valence-electron chi connectivity index (χ4n) is 1.83. The lowest BCUT2D eigenvalue weighted by Crippen LogP contribution is -2.37. The highest BCUT2D eigenvalue weighted by Crippen LogP contribution is 2.08. The molecule has 1 saturated heterocycles. The van der Waals surface area contributed by atoms with Gasteiger partial charge >= 0.3 is 5.69 Å². The molecule has 100 valence electrons. The highest BCUT2D eigenvalue weighted by molar-refractivity contribution is 5.20. The van der Waals surface area contributed by atoms with E-state index in [0.29, 0.717) is 13.2 Å². The molecule has 0 spiro atoms. The molecule has 2 rings (SSSR count). The van der Waals surface area contributed by atoms with Gasteiger partial charge in [-0.15, -0.1) is 0 Å². The highest BCUT2D eigenvalue weighted by Gasteiger charge is 2.17. The summed E-state index contributed by atoms with van der Waals surface area (Å²) in [5.74, 6) is 0. The first-order chi connectivity index (χ1) is 8.65. The maximum absolute atomic E-state index is 10.5. The Balaban J connectivity index is 1.75. The Kier molecular flexibility index (Phi) is 4.24. The zero-order chi connectivity index (χ0) is 13.0. The molecular weight excluding hydrogens is 240 g/mol. The molecule has 1 aromatic heterocycles. The maximum Gasteiger partial charge on any atom is 0.306 e. The summed E-state index contributed by atoms with van der Waals surface area (Å²) in [5, 5.41) is 27.2. The number of nitrogens with zero attached hydrogens (tertiary/aromatic N) is 3. The number of hydrogen-bond acceptors (Lipinski definition) is 6. The van der Waals surface area contributed by atoms with Crippen molar-refractivity contribution >= 4 is 5.69 Å². The van der Waals surface area contributed by atoms with Crippen LogP contribution in [0, 0.1) is 10.1 Å². The smallest absolute Gasteiger partial charge is 0.306 e. The van der Waals surface area contributed by atoms with Crippen molar-refractivity contribution in [2.45, 2.75) is 25.1 Å². The van der Waals surface area contributed by atoms with Crippen LogP contribution < -0.4 is 5.32 Å². The Morgan fingerprint density at radius 1 is 1.78 bits per heavy atom. The van der Waals surface area contributed by atoms with Gasteiger partial charge in [0.15, 0.2) is 0 Å². The Bertz CT molecular complexity index is 402. The van der Waals surface area contributed by atoms with Crippen molar-refractivity contribution in [3.63, 3.8) is 0 Å². The summed E-state index contributed by atoms with van der Waals surface area (Å²) < 4.78 is 6.57. The van der Waals surface area contributed by atoms with E-state index in [2.05, 4.69) is 10.4 Å². The predicted octanol–water partition coefficient (Wildman–Crippen LogP) is -0.469. The topological polar surface area (TPSA) is 102 Å². The second-order valence-corrected chi connectivity index (χ2v) is 4.30. The Hall–Kier alpha value is -1.51. The van der Waals surface area contributed by atoms with Crippen molar-refractivity contribution in [3.8, 4) is 0 Å². The first-order valence-electron chi connectivity index (χ1n) is 5.81. The summed E-state index contributed by atoms with van der Waals surface area (Å²) in [7, 11) is 0. The van der Waals surface area contributed by atoms with Crippen molar-refractivity contribution < 1.29 is 14.8 Å². The molecule has 0 aliphatic carbocycles. The normalized spacial score (nSPS) is 21.1. The predicted molar refractivity (Wildman–Crippen MR) is 62.1 cm³/mol. The minimum Gasteiger partial charge on any atom is -0.390 e. The number of nitro groups is 1. The van der Waals surface area contributed by atoms with Crippen molar-refractivity contribution in [3.05, 3.63) is 22.5 Å². The van der Waals surface area contributed by atoms with E-state index in [4.69, 9.17) is 4.74 Å². The summed E-state index contributed by atoms with van der Waals surface area (Å²) in [4.78, 5) is 9.95. The minimum absolute atomic E-state index is 0.0700. The number of aromatic nitrogens is 2. The molecule has 2 atom stereocenters. The van der Waals surface area contributed by atoms with Crippen LogP contribution in [0.15, 0.2) is 12.4 Å². The summed E-state index contributed by atoms with van der Waals surface area (Å²) >= 11 is 0. The van der Waals surface area contributed by atoms with Gasteiger partial charge in [0.2, 0.25) is 0 Å². The van der Waals surface area contributed by atoms with Gasteiger partial charge < -0.3 is 15.2 Å². The third-order valence-electron chi connectivity index (χ3n) is 2.80. The molecule has 0 radical (unpaired) electrons. The first kappa shape index (κ1) is 12.9. The Morgan fingerprint density at radius 2 is 2.61 bits per heavy atom. The van der Waals surface area contributed by atoms with Crippen molar-refractivity contribution in [1.82, 2.24) is 15.1 Å². The summed E-state index contributed by atoms with van der Waals surface area (Å²) in [6.07, 6.45) is 2.79. The van der Waals surface area contributed by atoms with Gasteiger partial charge in [0.1, 0.15) is 12.4 Å². The van der Waals surface area contributed by atoms with Crippen LogP contribution in [-0.2, 0) is 11.3 Å². The maximum atomic E-state index is 10.5. The molecule has 0 aromatic carbocycles. The average Bonchev–Trinajstić information content (AvgIpc) is 2.96. The van der Waals surface area contributed by atoms with Crippen LogP contribution in [0.4, 0.5) is 5.69 Å². The molecule has 0 saturated carbocycles. The van der Waals surface area contributed by atoms with E-state index in [1.807, 2.05) is 0 Å². The molecule has 8 nitrogen and oxygen atoms in total. The second-order valence-electron chi connectivity index (χ2n) is 4.30. The third kappa shape index (κ3) is 3.49. The zero-order valence-electron chi connectivity index (χ0n) is 9.86. The lowest BCUT2D eigenvalue weighted by molar-refractivity contribution is -0.385. The van der Waals surface area contributed by atoms with Crippen LogP contribution in [-0.4, -0.2) is 51.7 Å². The van der Waals surface area contributed by atoms with Gasteiger partial charge in [-0.05, 0) is 6.42 Å². The Morgan fingerprint density at radius 3 is 3.22 bits per heavy atom. The lowest BCUT2D eigenvalue weighted by Gasteiger charge is -2.15. The molecule has 2 N–H and O–H groups in total. The van der Waals surface area contributed by atoms with Crippen LogP contribution in [0.5, 0.6) is 0 Å². The highest BCUT2D eigenvalue weighted by atomic mass is 16.6. The summed E-state index contributed by atoms with van der Waals surface area (Å²) in [6, 6.07) is 0.284. The molecule has 2 unspecified atom stereocenters. The monoisotopic (exact) mass is 256 g/mol. The summed E-state index contributed by atoms with van der Waals surface area (Å²) in [6.45, 7) is 2.06. The van der Waals surface area contributed by atoms with Gasteiger partial charge in [0, 0.05) is 19.2 Å². The molecule has 2 heterocycles. The fourth-order valence-corrected chi connectivity index (χ4v) is 1.83. The molecule has 1 fully saturated rings. The van der Waals surface area contributed by atoms with Crippen LogP contribution >= 0.6 is 0 Å². The fraction of sp³-hybridized carbons (Fsp3) is 0.700. The quantitative estimate of drug-likeness (QED) is 0.527. The van der Waals surface area contributed by atoms with Gasteiger partial charge in [-0.25, -0.2) is 0 Å². The van der Waals surface area contributed by atoms with Crippen molar-refractivity contribution in [1.29, 1.82) is 0 Å². The number of ether oxygens (including phenoxy) is 1. The molecular formula is C10H16N4O4. The van der Waals surface area contributed by atoms with E-state index in [1.54, 1.807) is 0 Å². The van der Waals surface area contributed by atoms with E-state index in [-0.39, 0.29) is 18.3 Å². The number of aliphatic hydroxyl groups excluding tert-OH is 1. The van der Waals surface area contributed by atoms with Gasteiger partial charge in [0.25, 0.3) is 0 Å². The molecule has 1 aromatic rings. The number of nitrogens with one attached hydrogen (secondary N) is 1. The largest absolute Gasteiger partial charge is 0.390 e. The van der Waals surface area contributed by atoms with Gasteiger partial charge in [0.05, 0.1) is 24.2 Å². The zero-order valence-corrected chi connectivity index (χ0v) is 9.86. The molecule has 1 aliphatic heterocycles. The van der Waals surface area contributed by atoms with Crippen LogP contribution in [0.3, 0.4) is 0 Å². The number of rotatable bonds is 6. The van der Waals surface area contributed by atoms with Crippen LogP contribution in [0.1, 0.15) is 6.42 Å². The summed E-state index contributed by atoms with van der Waals surface area (Å²) in [5.41, 5.74) is -0.0700. The van der Waals surface area contributed by atoms with Gasteiger partial charge in [-0.3, -0.25) is 14.8 Å². The molecule has 0 bridgehead atoms. The average molecular weight is 256 g/mol.